The summed E-state index contributed by atoms with van der Waals surface area (Å²) in [5.41, 5.74) is 1.81. The Morgan fingerprint density at radius 1 is 1.43 bits per heavy atom. The van der Waals surface area contributed by atoms with Crippen LogP contribution in [-0.4, -0.2) is 44.5 Å². The zero-order chi connectivity index (χ0) is 14.7. The van der Waals surface area contributed by atoms with Crippen molar-refractivity contribution in [2.24, 2.45) is 0 Å². The Kier molecular flexibility index (Phi) is 4.48. The van der Waals surface area contributed by atoms with Crippen molar-refractivity contribution in [3.8, 4) is 11.3 Å². The van der Waals surface area contributed by atoms with E-state index in [9.17, 15) is 4.39 Å². The maximum Gasteiger partial charge on any atom is 0.186 e. The number of anilines is 1. The third-order valence-electron chi connectivity index (χ3n) is 3.39. The lowest BCUT2D eigenvalue weighted by molar-refractivity contribution is -0.0100. The third-order valence-corrected chi connectivity index (χ3v) is 4.30. The molecule has 3 rings (SSSR count). The number of halogens is 1. The molecule has 0 aliphatic carbocycles. The van der Waals surface area contributed by atoms with E-state index in [2.05, 4.69) is 9.88 Å². The van der Waals surface area contributed by atoms with Crippen LogP contribution in [0, 0.1) is 5.82 Å². The first kappa shape index (κ1) is 14.4. The normalized spacial score (nSPS) is 19.0. The summed E-state index contributed by atoms with van der Waals surface area (Å²) in [6.07, 6.45) is 0.0851. The first-order chi connectivity index (χ1) is 10.3. The Balaban J connectivity index is 1.73. The number of ether oxygens (including phenoxy) is 2. The van der Waals surface area contributed by atoms with Crippen LogP contribution in [0.5, 0.6) is 0 Å². The highest BCUT2D eigenvalue weighted by atomic mass is 32.1. The summed E-state index contributed by atoms with van der Waals surface area (Å²) in [5.74, 6) is -0.232. The molecule has 0 bridgehead atoms. The Bertz CT molecular complexity index is 586. The van der Waals surface area contributed by atoms with Crippen LogP contribution < -0.4 is 4.90 Å². The largest absolute Gasteiger partial charge is 0.382 e. The molecule has 1 aromatic carbocycles. The number of benzene rings is 1. The van der Waals surface area contributed by atoms with Gasteiger partial charge in [0.15, 0.2) is 5.13 Å². The van der Waals surface area contributed by atoms with Crippen LogP contribution in [0.25, 0.3) is 11.3 Å². The van der Waals surface area contributed by atoms with Crippen molar-refractivity contribution in [2.75, 3.05) is 38.3 Å². The van der Waals surface area contributed by atoms with Gasteiger partial charge in [0.1, 0.15) is 5.82 Å². The quantitative estimate of drug-likeness (QED) is 0.870. The second-order valence-electron chi connectivity index (χ2n) is 4.92. The van der Waals surface area contributed by atoms with E-state index in [1.807, 2.05) is 5.38 Å². The fourth-order valence-corrected chi connectivity index (χ4v) is 3.21. The first-order valence-corrected chi connectivity index (χ1v) is 7.71. The number of hydrogen-bond donors (Lipinski definition) is 0. The topological polar surface area (TPSA) is 34.6 Å². The average molecular weight is 308 g/mol. The number of nitrogens with zero attached hydrogens (tertiary/aromatic N) is 2. The number of hydrogen-bond acceptors (Lipinski definition) is 5. The lowest BCUT2D eigenvalue weighted by Crippen LogP contribution is -2.44. The summed E-state index contributed by atoms with van der Waals surface area (Å²) in [5, 5.41) is 2.97. The van der Waals surface area contributed by atoms with Gasteiger partial charge in [0.2, 0.25) is 0 Å². The summed E-state index contributed by atoms with van der Waals surface area (Å²) in [4.78, 5) is 6.87. The first-order valence-electron chi connectivity index (χ1n) is 6.83. The van der Waals surface area contributed by atoms with E-state index in [1.165, 1.54) is 12.1 Å². The van der Waals surface area contributed by atoms with Gasteiger partial charge in [0.25, 0.3) is 0 Å². The van der Waals surface area contributed by atoms with E-state index < -0.39 is 0 Å². The smallest absolute Gasteiger partial charge is 0.186 e. The monoisotopic (exact) mass is 308 g/mol. The van der Waals surface area contributed by atoms with Crippen LogP contribution in [0.2, 0.25) is 0 Å². The molecule has 1 aromatic heterocycles. The van der Waals surface area contributed by atoms with Crippen LogP contribution in [0.1, 0.15) is 0 Å². The molecule has 0 saturated carbocycles. The zero-order valence-electron chi connectivity index (χ0n) is 11.8. The van der Waals surface area contributed by atoms with E-state index in [-0.39, 0.29) is 11.9 Å². The summed E-state index contributed by atoms with van der Waals surface area (Å²) >= 11 is 1.60. The number of morpholine rings is 1. The highest BCUT2D eigenvalue weighted by Crippen LogP contribution is 2.28. The molecular formula is C15H17FN2O2S. The maximum absolute atomic E-state index is 13.0. The van der Waals surface area contributed by atoms with Crippen LogP contribution in [0.15, 0.2) is 29.6 Å². The van der Waals surface area contributed by atoms with E-state index >= 15 is 0 Å². The fraction of sp³-hybridized carbons (Fsp3) is 0.400. The van der Waals surface area contributed by atoms with Crippen molar-refractivity contribution in [3.63, 3.8) is 0 Å². The molecule has 0 N–H and O–H groups in total. The fourth-order valence-electron chi connectivity index (χ4n) is 2.34. The third kappa shape index (κ3) is 3.40. The van der Waals surface area contributed by atoms with Gasteiger partial charge in [-0.3, -0.25) is 0 Å². The summed E-state index contributed by atoms with van der Waals surface area (Å²) < 4.78 is 23.8. The van der Waals surface area contributed by atoms with Gasteiger partial charge in [-0.2, -0.15) is 0 Å². The van der Waals surface area contributed by atoms with Crippen molar-refractivity contribution in [3.05, 3.63) is 35.5 Å². The van der Waals surface area contributed by atoms with E-state index in [1.54, 1.807) is 30.6 Å². The minimum atomic E-state index is -0.232. The Labute approximate surface area is 127 Å². The minimum Gasteiger partial charge on any atom is -0.382 e. The Morgan fingerprint density at radius 2 is 2.24 bits per heavy atom. The lowest BCUT2D eigenvalue weighted by Gasteiger charge is -2.32. The van der Waals surface area contributed by atoms with Crippen molar-refractivity contribution in [1.29, 1.82) is 0 Å². The standard InChI is InChI=1S/C15H17FN2O2S/c1-19-9-13-8-18(6-7-20-13)15-17-14(10-21-15)11-2-4-12(16)5-3-11/h2-5,10,13H,6-9H2,1H3/t13-/m0/s1. The molecular weight excluding hydrogens is 291 g/mol. The number of rotatable bonds is 4. The van der Waals surface area contributed by atoms with Gasteiger partial charge in [0.05, 0.1) is 25.0 Å². The summed E-state index contributed by atoms with van der Waals surface area (Å²) in [6, 6.07) is 6.41. The molecule has 2 heterocycles. The Hall–Kier alpha value is -1.50. The van der Waals surface area contributed by atoms with Gasteiger partial charge in [-0.05, 0) is 24.3 Å². The van der Waals surface area contributed by atoms with E-state index in [0.717, 1.165) is 29.5 Å². The van der Waals surface area contributed by atoms with Crippen molar-refractivity contribution >= 4 is 16.5 Å². The molecule has 0 unspecified atom stereocenters. The van der Waals surface area contributed by atoms with E-state index in [4.69, 9.17) is 9.47 Å². The molecule has 1 fully saturated rings. The minimum absolute atomic E-state index is 0.0851. The summed E-state index contributed by atoms with van der Waals surface area (Å²) in [6.45, 7) is 2.88. The van der Waals surface area contributed by atoms with Gasteiger partial charge < -0.3 is 14.4 Å². The van der Waals surface area contributed by atoms with Crippen LogP contribution in [0.3, 0.4) is 0 Å². The zero-order valence-corrected chi connectivity index (χ0v) is 12.6. The van der Waals surface area contributed by atoms with Crippen LogP contribution in [0.4, 0.5) is 9.52 Å². The molecule has 2 aromatic rings. The highest BCUT2D eigenvalue weighted by molar-refractivity contribution is 7.14. The van der Waals surface area contributed by atoms with Gasteiger partial charge in [-0.15, -0.1) is 11.3 Å². The van der Waals surface area contributed by atoms with Gasteiger partial charge in [-0.1, -0.05) is 0 Å². The van der Waals surface area contributed by atoms with Crippen molar-refractivity contribution < 1.29 is 13.9 Å². The lowest BCUT2D eigenvalue weighted by atomic mass is 10.2. The van der Waals surface area contributed by atoms with Gasteiger partial charge in [0, 0.05) is 31.1 Å². The highest BCUT2D eigenvalue weighted by Gasteiger charge is 2.22. The number of thiazole rings is 1. The van der Waals surface area contributed by atoms with Gasteiger partial charge >= 0.3 is 0 Å². The molecule has 21 heavy (non-hydrogen) atoms. The average Bonchev–Trinajstić information content (AvgIpc) is 2.98. The van der Waals surface area contributed by atoms with Crippen LogP contribution >= 0.6 is 11.3 Å². The van der Waals surface area contributed by atoms with E-state index in [0.29, 0.717) is 13.2 Å². The molecule has 1 aliphatic rings. The maximum atomic E-state index is 13.0. The predicted octanol–water partition coefficient (Wildman–Crippen LogP) is 2.80. The molecule has 1 aliphatic heterocycles. The molecule has 112 valence electrons. The molecule has 1 atom stereocenters. The number of methoxy groups -OCH3 is 1. The SMILES string of the molecule is COC[C@@H]1CN(c2nc(-c3ccc(F)cc3)cs2)CCO1. The van der Waals surface area contributed by atoms with Gasteiger partial charge in [-0.25, -0.2) is 9.37 Å². The van der Waals surface area contributed by atoms with Crippen LogP contribution in [-0.2, 0) is 9.47 Å². The molecule has 4 nitrogen and oxygen atoms in total. The summed E-state index contributed by atoms with van der Waals surface area (Å²) in [7, 11) is 1.68. The predicted molar refractivity (Wildman–Crippen MR) is 81.3 cm³/mol. The van der Waals surface area contributed by atoms with Crippen molar-refractivity contribution in [1.82, 2.24) is 4.98 Å². The molecule has 0 amide bonds. The molecule has 1 saturated heterocycles. The number of aromatic nitrogens is 1. The molecule has 6 heteroatoms. The Morgan fingerprint density at radius 3 is 3.00 bits per heavy atom. The molecule has 0 radical (unpaired) electrons. The second kappa shape index (κ2) is 6.51. The van der Waals surface area contributed by atoms with Crippen molar-refractivity contribution in [2.45, 2.75) is 6.10 Å². The molecule has 0 spiro atoms. The second-order valence-corrected chi connectivity index (χ2v) is 5.75.